The topological polar surface area (TPSA) is 50.2 Å². The third kappa shape index (κ3) is 4.49. The third-order valence-corrected chi connectivity index (χ3v) is 5.35. The minimum absolute atomic E-state index is 0.0525. The number of anilines is 1. The van der Waals surface area contributed by atoms with Crippen LogP contribution in [0.4, 0.5) is 5.69 Å². The maximum Gasteiger partial charge on any atom is 0.241 e. The van der Waals surface area contributed by atoms with E-state index in [0.717, 1.165) is 50.1 Å². The van der Waals surface area contributed by atoms with Crippen molar-refractivity contribution in [2.24, 2.45) is 0 Å². The molecule has 1 fully saturated rings. The summed E-state index contributed by atoms with van der Waals surface area (Å²) in [5, 5.41) is 7.33. The van der Waals surface area contributed by atoms with E-state index >= 15 is 0 Å². The van der Waals surface area contributed by atoms with Crippen molar-refractivity contribution in [2.75, 3.05) is 18.4 Å². The molecule has 3 aromatic rings. The van der Waals surface area contributed by atoms with Gasteiger partial charge in [-0.25, -0.2) is 4.68 Å². The maximum absolute atomic E-state index is 12.9. The number of benzene rings is 2. The van der Waals surface area contributed by atoms with Gasteiger partial charge in [-0.05, 0) is 61.7 Å². The zero-order valence-corrected chi connectivity index (χ0v) is 16.0. The van der Waals surface area contributed by atoms with Gasteiger partial charge in [0.05, 0.1) is 11.7 Å². The van der Waals surface area contributed by atoms with Crippen LogP contribution >= 0.6 is 0 Å². The lowest BCUT2D eigenvalue weighted by Crippen LogP contribution is -2.47. The fourth-order valence-corrected chi connectivity index (χ4v) is 3.82. The van der Waals surface area contributed by atoms with Crippen molar-refractivity contribution in [1.82, 2.24) is 14.7 Å². The van der Waals surface area contributed by atoms with E-state index in [4.69, 9.17) is 0 Å². The quantitative estimate of drug-likeness (QED) is 0.712. The number of rotatable bonds is 6. The molecule has 2 aromatic carbocycles. The second-order valence-electron chi connectivity index (χ2n) is 7.27. The molecule has 1 amide bonds. The van der Waals surface area contributed by atoms with Gasteiger partial charge in [-0.1, -0.05) is 36.8 Å². The summed E-state index contributed by atoms with van der Waals surface area (Å²) in [4.78, 5) is 15.3. The Morgan fingerprint density at radius 3 is 2.61 bits per heavy atom. The molecule has 0 unspecified atom stereocenters. The molecule has 5 nitrogen and oxygen atoms in total. The van der Waals surface area contributed by atoms with E-state index < -0.39 is 0 Å². The van der Waals surface area contributed by atoms with E-state index in [1.165, 1.54) is 5.56 Å². The van der Waals surface area contributed by atoms with Crippen molar-refractivity contribution in [3.05, 3.63) is 78.6 Å². The van der Waals surface area contributed by atoms with Crippen molar-refractivity contribution in [3.8, 4) is 5.69 Å². The summed E-state index contributed by atoms with van der Waals surface area (Å²) in [6.07, 6.45) is 7.83. The van der Waals surface area contributed by atoms with Crippen molar-refractivity contribution in [3.63, 3.8) is 0 Å². The molecular formula is C23H26N4O. The summed E-state index contributed by atoms with van der Waals surface area (Å²) < 4.78 is 1.80. The Labute approximate surface area is 166 Å². The lowest BCUT2D eigenvalue weighted by molar-refractivity contribution is -0.122. The highest BCUT2D eigenvalue weighted by Gasteiger charge is 2.28. The van der Waals surface area contributed by atoms with Crippen molar-refractivity contribution >= 4 is 11.6 Å². The third-order valence-electron chi connectivity index (χ3n) is 5.35. The highest BCUT2D eigenvalue weighted by atomic mass is 16.2. The molecule has 0 saturated carbocycles. The molecular weight excluding hydrogens is 348 g/mol. The molecule has 1 N–H and O–H groups in total. The number of amides is 1. The van der Waals surface area contributed by atoms with Crippen LogP contribution < -0.4 is 5.32 Å². The minimum Gasteiger partial charge on any atom is -0.325 e. The van der Waals surface area contributed by atoms with Gasteiger partial charge in [0.15, 0.2) is 0 Å². The Morgan fingerprint density at radius 1 is 1.04 bits per heavy atom. The van der Waals surface area contributed by atoms with Crippen LogP contribution in [0, 0.1) is 0 Å². The van der Waals surface area contributed by atoms with Gasteiger partial charge in [0.2, 0.25) is 5.91 Å². The standard InChI is InChI=1S/C23H26N4O/c28-23(25-20-10-12-21(13-11-20)27-17-6-15-24-27)22-9-4-5-16-26(22)18-14-19-7-2-1-3-8-19/h1-3,6-8,10-13,15,17,22H,4-5,9,14,16,18H2,(H,25,28)/t22-/m0/s1. The van der Waals surface area contributed by atoms with Gasteiger partial charge >= 0.3 is 0 Å². The van der Waals surface area contributed by atoms with E-state index in [1.807, 2.05) is 42.6 Å². The smallest absolute Gasteiger partial charge is 0.241 e. The molecule has 1 saturated heterocycles. The first-order valence-corrected chi connectivity index (χ1v) is 9.98. The summed E-state index contributed by atoms with van der Waals surface area (Å²) in [7, 11) is 0. The van der Waals surface area contributed by atoms with Crippen LogP contribution in [0.1, 0.15) is 24.8 Å². The number of likely N-dealkylation sites (tertiary alicyclic amines) is 1. The van der Waals surface area contributed by atoms with E-state index in [9.17, 15) is 4.79 Å². The second kappa shape index (κ2) is 8.85. The molecule has 1 aliphatic rings. The SMILES string of the molecule is O=C(Nc1ccc(-n2cccn2)cc1)[C@@H]1CCCCN1CCc1ccccc1. The lowest BCUT2D eigenvalue weighted by atomic mass is 10.00. The van der Waals surface area contributed by atoms with Crippen molar-refractivity contribution in [1.29, 1.82) is 0 Å². The van der Waals surface area contributed by atoms with Crippen LogP contribution in [-0.2, 0) is 11.2 Å². The fraction of sp³-hybridized carbons (Fsp3) is 0.304. The van der Waals surface area contributed by atoms with Gasteiger partial charge in [0, 0.05) is 24.6 Å². The van der Waals surface area contributed by atoms with Crippen LogP contribution in [0.5, 0.6) is 0 Å². The van der Waals surface area contributed by atoms with Crippen LogP contribution in [0.25, 0.3) is 5.69 Å². The summed E-state index contributed by atoms with van der Waals surface area (Å²) >= 11 is 0. The van der Waals surface area contributed by atoms with Gasteiger partial charge in [0.1, 0.15) is 0 Å². The minimum atomic E-state index is -0.0525. The number of aromatic nitrogens is 2. The van der Waals surface area contributed by atoms with Crippen LogP contribution in [0.3, 0.4) is 0 Å². The summed E-state index contributed by atoms with van der Waals surface area (Å²) in [5.74, 6) is 0.0969. The number of piperidine rings is 1. The number of hydrogen-bond acceptors (Lipinski definition) is 3. The first-order chi connectivity index (χ1) is 13.8. The average Bonchev–Trinajstić information content (AvgIpc) is 3.29. The predicted octanol–water partition coefficient (Wildman–Crippen LogP) is 3.91. The Kier molecular flexibility index (Phi) is 5.83. The van der Waals surface area contributed by atoms with E-state index in [0.29, 0.717) is 0 Å². The molecule has 0 radical (unpaired) electrons. The molecule has 0 bridgehead atoms. The predicted molar refractivity (Wildman–Crippen MR) is 112 cm³/mol. The average molecular weight is 374 g/mol. The highest BCUT2D eigenvalue weighted by Crippen LogP contribution is 2.20. The van der Waals surface area contributed by atoms with Gasteiger partial charge < -0.3 is 5.32 Å². The Bertz CT molecular complexity index is 875. The molecule has 4 rings (SSSR count). The van der Waals surface area contributed by atoms with Gasteiger partial charge in [0.25, 0.3) is 0 Å². The Hall–Kier alpha value is -2.92. The first kappa shape index (κ1) is 18.4. The largest absolute Gasteiger partial charge is 0.325 e. The van der Waals surface area contributed by atoms with E-state index in [-0.39, 0.29) is 11.9 Å². The summed E-state index contributed by atoms with van der Waals surface area (Å²) in [5.41, 5.74) is 3.13. The number of carbonyl (C=O) groups is 1. The molecule has 0 spiro atoms. The summed E-state index contributed by atoms with van der Waals surface area (Å²) in [6.45, 7) is 1.91. The maximum atomic E-state index is 12.9. The zero-order valence-electron chi connectivity index (χ0n) is 16.0. The van der Waals surface area contributed by atoms with Crippen molar-refractivity contribution < 1.29 is 4.79 Å². The molecule has 2 heterocycles. The molecule has 1 aromatic heterocycles. The Balaban J connectivity index is 1.37. The van der Waals surface area contributed by atoms with Gasteiger partial charge in [-0.15, -0.1) is 0 Å². The molecule has 28 heavy (non-hydrogen) atoms. The normalized spacial score (nSPS) is 17.4. The van der Waals surface area contributed by atoms with Crippen LogP contribution in [0.15, 0.2) is 73.1 Å². The van der Waals surface area contributed by atoms with Gasteiger partial charge in [-0.2, -0.15) is 5.10 Å². The van der Waals surface area contributed by atoms with Crippen LogP contribution in [-0.4, -0.2) is 39.7 Å². The van der Waals surface area contributed by atoms with Crippen LogP contribution in [0.2, 0.25) is 0 Å². The highest BCUT2D eigenvalue weighted by molar-refractivity contribution is 5.95. The fourth-order valence-electron chi connectivity index (χ4n) is 3.82. The lowest BCUT2D eigenvalue weighted by Gasteiger charge is -2.34. The van der Waals surface area contributed by atoms with E-state index in [1.54, 1.807) is 10.9 Å². The zero-order chi connectivity index (χ0) is 19.2. The molecule has 144 valence electrons. The number of nitrogens with zero attached hydrogens (tertiary/aromatic N) is 3. The Morgan fingerprint density at radius 2 is 1.86 bits per heavy atom. The monoisotopic (exact) mass is 374 g/mol. The number of hydrogen-bond donors (Lipinski definition) is 1. The molecule has 5 heteroatoms. The van der Waals surface area contributed by atoms with Crippen molar-refractivity contribution in [2.45, 2.75) is 31.7 Å². The van der Waals surface area contributed by atoms with Gasteiger partial charge in [-0.3, -0.25) is 9.69 Å². The first-order valence-electron chi connectivity index (χ1n) is 9.98. The molecule has 1 atom stereocenters. The van der Waals surface area contributed by atoms with E-state index in [2.05, 4.69) is 39.6 Å². The molecule has 1 aliphatic heterocycles. The summed E-state index contributed by atoms with van der Waals surface area (Å²) in [6, 6.07) is 20.1. The number of carbonyl (C=O) groups excluding carboxylic acids is 1. The second-order valence-corrected chi connectivity index (χ2v) is 7.27. The molecule has 0 aliphatic carbocycles. The number of nitrogens with one attached hydrogen (secondary N) is 1.